The van der Waals surface area contributed by atoms with Crippen LogP contribution in [0.15, 0.2) is 27.1 Å². The van der Waals surface area contributed by atoms with Gasteiger partial charge in [0.2, 0.25) is 0 Å². The van der Waals surface area contributed by atoms with Crippen LogP contribution in [-0.4, -0.2) is 13.1 Å². The van der Waals surface area contributed by atoms with Gasteiger partial charge in [0, 0.05) is 5.69 Å². The lowest BCUT2D eigenvalue weighted by Gasteiger charge is -2.09. The van der Waals surface area contributed by atoms with E-state index in [1.165, 1.54) is 13.2 Å². The SMILES string of the molecule is COC(=O)c1cc(CNc2cc(Br)c(F)cc2C)oc1C. The van der Waals surface area contributed by atoms with Gasteiger partial charge < -0.3 is 14.5 Å². The molecule has 0 atom stereocenters. The first kappa shape index (κ1) is 15.6. The predicted molar refractivity (Wildman–Crippen MR) is 80.9 cm³/mol. The van der Waals surface area contributed by atoms with Gasteiger partial charge in [-0.3, -0.25) is 0 Å². The molecule has 2 aromatic rings. The molecule has 4 nitrogen and oxygen atoms in total. The van der Waals surface area contributed by atoms with Crippen LogP contribution < -0.4 is 5.32 Å². The summed E-state index contributed by atoms with van der Waals surface area (Å²) >= 11 is 3.15. The van der Waals surface area contributed by atoms with Crippen molar-refractivity contribution in [3.05, 3.63) is 51.1 Å². The second kappa shape index (κ2) is 6.30. The topological polar surface area (TPSA) is 51.5 Å². The van der Waals surface area contributed by atoms with Crippen LogP contribution in [0.25, 0.3) is 0 Å². The van der Waals surface area contributed by atoms with Crippen LogP contribution >= 0.6 is 15.9 Å². The van der Waals surface area contributed by atoms with E-state index in [1.54, 1.807) is 19.1 Å². The molecule has 21 heavy (non-hydrogen) atoms. The van der Waals surface area contributed by atoms with Gasteiger partial charge in [0.05, 0.1) is 18.1 Å². The van der Waals surface area contributed by atoms with Crippen LogP contribution in [0.3, 0.4) is 0 Å². The minimum atomic E-state index is -0.428. The number of anilines is 1. The first-order chi connectivity index (χ1) is 9.92. The number of methoxy groups -OCH3 is 1. The zero-order chi connectivity index (χ0) is 15.6. The quantitative estimate of drug-likeness (QED) is 0.835. The molecular formula is C15H15BrFNO3. The van der Waals surface area contributed by atoms with Crippen LogP contribution in [-0.2, 0) is 11.3 Å². The molecule has 0 bridgehead atoms. The highest BCUT2D eigenvalue weighted by molar-refractivity contribution is 9.10. The monoisotopic (exact) mass is 355 g/mol. The first-order valence-electron chi connectivity index (χ1n) is 6.29. The zero-order valence-electron chi connectivity index (χ0n) is 11.9. The summed E-state index contributed by atoms with van der Waals surface area (Å²) < 4.78 is 23.9. The molecule has 112 valence electrons. The molecule has 0 spiro atoms. The number of esters is 1. The number of carbonyl (C=O) groups excluding carboxylic acids is 1. The van der Waals surface area contributed by atoms with Crippen molar-refractivity contribution in [1.29, 1.82) is 0 Å². The Morgan fingerprint density at radius 3 is 2.76 bits per heavy atom. The van der Waals surface area contributed by atoms with Gasteiger partial charge in [0.1, 0.15) is 22.9 Å². The Hall–Kier alpha value is -1.82. The molecule has 1 aromatic carbocycles. The summed E-state index contributed by atoms with van der Waals surface area (Å²) in [7, 11) is 1.33. The standard InChI is InChI=1S/C15H15BrFNO3/c1-8-4-13(17)12(16)6-14(8)18-7-10-5-11(9(2)21-10)15(19)20-3/h4-6,18H,7H2,1-3H3. The number of ether oxygens (including phenoxy) is 1. The molecule has 0 aliphatic carbocycles. The van der Waals surface area contributed by atoms with Crippen molar-refractivity contribution in [3.8, 4) is 0 Å². The molecule has 0 aliphatic rings. The van der Waals surface area contributed by atoms with E-state index in [0.29, 0.717) is 28.1 Å². The van der Waals surface area contributed by atoms with E-state index in [4.69, 9.17) is 4.42 Å². The minimum absolute atomic E-state index is 0.306. The van der Waals surface area contributed by atoms with E-state index in [9.17, 15) is 9.18 Å². The lowest BCUT2D eigenvalue weighted by Crippen LogP contribution is -2.02. The maximum atomic E-state index is 13.4. The molecule has 0 radical (unpaired) electrons. The Morgan fingerprint density at radius 1 is 1.38 bits per heavy atom. The highest BCUT2D eigenvalue weighted by Gasteiger charge is 2.15. The molecule has 1 N–H and O–H groups in total. The van der Waals surface area contributed by atoms with Crippen molar-refractivity contribution < 1.29 is 18.3 Å². The number of rotatable bonds is 4. The number of aryl methyl sites for hydroxylation is 2. The number of hydrogen-bond acceptors (Lipinski definition) is 4. The lowest BCUT2D eigenvalue weighted by atomic mass is 10.2. The molecular weight excluding hydrogens is 341 g/mol. The fraction of sp³-hybridized carbons (Fsp3) is 0.267. The summed E-state index contributed by atoms with van der Waals surface area (Å²) in [6, 6.07) is 4.75. The van der Waals surface area contributed by atoms with Gasteiger partial charge in [0.25, 0.3) is 0 Å². The van der Waals surface area contributed by atoms with Crippen LogP contribution in [0.2, 0.25) is 0 Å². The van der Waals surface area contributed by atoms with Crippen LogP contribution in [0.5, 0.6) is 0 Å². The van der Waals surface area contributed by atoms with Gasteiger partial charge in [-0.05, 0) is 53.5 Å². The van der Waals surface area contributed by atoms with E-state index in [2.05, 4.69) is 26.0 Å². The summed E-state index contributed by atoms with van der Waals surface area (Å²) in [4.78, 5) is 11.5. The third-order valence-electron chi connectivity index (χ3n) is 3.09. The molecule has 0 fully saturated rings. The van der Waals surface area contributed by atoms with Crippen molar-refractivity contribution in [2.24, 2.45) is 0 Å². The Balaban J connectivity index is 2.14. The maximum absolute atomic E-state index is 13.4. The van der Waals surface area contributed by atoms with E-state index >= 15 is 0 Å². The second-order valence-electron chi connectivity index (χ2n) is 4.61. The summed E-state index contributed by atoms with van der Waals surface area (Å²) in [5.41, 5.74) is 1.98. The van der Waals surface area contributed by atoms with Crippen molar-refractivity contribution in [3.63, 3.8) is 0 Å². The van der Waals surface area contributed by atoms with Gasteiger partial charge in [0.15, 0.2) is 0 Å². The smallest absolute Gasteiger partial charge is 0.341 e. The lowest BCUT2D eigenvalue weighted by molar-refractivity contribution is 0.0599. The molecule has 0 unspecified atom stereocenters. The van der Waals surface area contributed by atoms with Crippen LogP contribution in [0, 0.1) is 19.7 Å². The van der Waals surface area contributed by atoms with Gasteiger partial charge >= 0.3 is 5.97 Å². The third-order valence-corrected chi connectivity index (χ3v) is 3.70. The summed E-state index contributed by atoms with van der Waals surface area (Å²) in [6.45, 7) is 3.90. The number of nitrogens with one attached hydrogen (secondary N) is 1. The third kappa shape index (κ3) is 3.44. The molecule has 1 aromatic heterocycles. The fourth-order valence-electron chi connectivity index (χ4n) is 1.96. The minimum Gasteiger partial charge on any atom is -0.465 e. The number of halogens is 2. The number of carbonyl (C=O) groups is 1. The molecule has 0 saturated carbocycles. The van der Waals surface area contributed by atoms with Gasteiger partial charge in [-0.15, -0.1) is 0 Å². The summed E-state index contributed by atoms with van der Waals surface area (Å²) in [5.74, 6) is 0.381. The number of hydrogen-bond donors (Lipinski definition) is 1. The van der Waals surface area contributed by atoms with Crippen LogP contribution in [0.1, 0.15) is 27.4 Å². The van der Waals surface area contributed by atoms with Gasteiger partial charge in [-0.25, -0.2) is 9.18 Å². The van der Waals surface area contributed by atoms with Crippen molar-refractivity contribution >= 4 is 27.6 Å². The Morgan fingerprint density at radius 2 is 2.10 bits per heavy atom. The first-order valence-corrected chi connectivity index (χ1v) is 7.08. The Bertz CT molecular complexity index is 682. The normalized spacial score (nSPS) is 10.5. The number of furan rings is 1. The predicted octanol–water partition coefficient (Wildman–Crippen LogP) is 4.20. The highest BCUT2D eigenvalue weighted by atomic mass is 79.9. The molecule has 0 amide bonds. The molecule has 1 heterocycles. The van der Waals surface area contributed by atoms with Crippen molar-refractivity contribution in [2.75, 3.05) is 12.4 Å². The second-order valence-corrected chi connectivity index (χ2v) is 5.46. The maximum Gasteiger partial charge on any atom is 0.341 e. The average molecular weight is 356 g/mol. The van der Waals surface area contributed by atoms with E-state index in [-0.39, 0.29) is 5.82 Å². The van der Waals surface area contributed by atoms with Gasteiger partial charge in [-0.1, -0.05) is 0 Å². The van der Waals surface area contributed by atoms with Crippen LogP contribution in [0.4, 0.5) is 10.1 Å². The summed E-state index contributed by atoms with van der Waals surface area (Å²) in [6.07, 6.45) is 0. The zero-order valence-corrected chi connectivity index (χ0v) is 13.5. The Kier molecular flexibility index (Phi) is 4.67. The Labute approximate surface area is 130 Å². The highest BCUT2D eigenvalue weighted by Crippen LogP contribution is 2.25. The largest absolute Gasteiger partial charge is 0.465 e. The number of benzene rings is 1. The molecule has 0 aliphatic heterocycles. The molecule has 2 rings (SSSR count). The van der Waals surface area contributed by atoms with E-state index in [1.807, 2.05) is 6.92 Å². The fourth-order valence-corrected chi connectivity index (χ4v) is 2.31. The van der Waals surface area contributed by atoms with E-state index in [0.717, 1.165) is 11.3 Å². The summed E-state index contributed by atoms with van der Waals surface area (Å²) in [5, 5.41) is 3.15. The average Bonchev–Trinajstić information content (AvgIpc) is 2.81. The molecule has 0 saturated heterocycles. The van der Waals surface area contributed by atoms with Gasteiger partial charge in [-0.2, -0.15) is 0 Å². The van der Waals surface area contributed by atoms with Crippen molar-refractivity contribution in [1.82, 2.24) is 0 Å². The van der Waals surface area contributed by atoms with Crippen molar-refractivity contribution in [2.45, 2.75) is 20.4 Å². The molecule has 6 heteroatoms. The van der Waals surface area contributed by atoms with E-state index < -0.39 is 5.97 Å².